The lowest BCUT2D eigenvalue weighted by molar-refractivity contribution is 0.0720. The first kappa shape index (κ1) is 16.2. The molecule has 25 heavy (non-hydrogen) atoms. The average Bonchev–Trinajstić information content (AvgIpc) is 3.15. The van der Waals surface area contributed by atoms with E-state index in [0.29, 0.717) is 11.5 Å². The molecule has 2 fully saturated rings. The SMILES string of the molecule is Cc1cccc(F)c1C(=O)N1CC[C@H]2CN(Cc3cccnc3)C[C@H]21. The standard InChI is InChI=1S/C20H22FN3O/c1-14-4-2-6-17(21)19(14)20(25)24-9-7-16-12-23(13-18(16)24)11-15-5-3-8-22-10-15/h2-6,8,10,16,18H,7,9,11-13H2,1H3/t16-,18+/m0/s1. The summed E-state index contributed by atoms with van der Waals surface area (Å²) in [5.41, 5.74) is 2.12. The van der Waals surface area contributed by atoms with E-state index in [1.165, 1.54) is 11.6 Å². The Morgan fingerprint density at radius 1 is 1.28 bits per heavy atom. The van der Waals surface area contributed by atoms with E-state index < -0.39 is 5.82 Å². The highest BCUT2D eigenvalue weighted by Crippen LogP contribution is 2.33. The summed E-state index contributed by atoms with van der Waals surface area (Å²) in [5.74, 6) is -0.0994. The topological polar surface area (TPSA) is 36.4 Å². The van der Waals surface area contributed by atoms with Gasteiger partial charge in [0.15, 0.2) is 0 Å². The number of nitrogens with zero attached hydrogens (tertiary/aromatic N) is 3. The second-order valence-corrected chi connectivity index (χ2v) is 7.10. The van der Waals surface area contributed by atoms with Crippen molar-refractivity contribution in [1.82, 2.24) is 14.8 Å². The molecule has 4 rings (SSSR count). The van der Waals surface area contributed by atoms with Crippen LogP contribution in [0.15, 0.2) is 42.7 Å². The molecule has 0 aliphatic carbocycles. The maximum Gasteiger partial charge on any atom is 0.257 e. The van der Waals surface area contributed by atoms with Gasteiger partial charge in [0, 0.05) is 44.6 Å². The number of rotatable bonds is 3. The number of carbonyl (C=O) groups excluding carboxylic acids is 1. The Labute approximate surface area is 147 Å². The average molecular weight is 339 g/mol. The molecule has 2 aliphatic rings. The number of pyridine rings is 1. The highest BCUT2D eigenvalue weighted by atomic mass is 19.1. The van der Waals surface area contributed by atoms with Crippen LogP contribution in [0.5, 0.6) is 0 Å². The van der Waals surface area contributed by atoms with E-state index in [1.807, 2.05) is 17.2 Å². The molecule has 3 heterocycles. The first-order chi connectivity index (χ1) is 12.1. The molecule has 0 spiro atoms. The first-order valence-corrected chi connectivity index (χ1v) is 8.81. The summed E-state index contributed by atoms with van der Waals surface area (Å²) in [5, 5.41) is 0. The van der Waals surface area contributed by atoms with Gasteiger partial charge < -0.3 is 4.90 Å². The van der Waals surface area contributed by atoms with E-state index in [0.717, 1.165) is 32.6 Å². The largest absolute Gasteiger partial charge is 0.334 e. The highest BCUT2D eigenvalue weighted by Gasteiger charge is 2.43. The molecule has 0 bridgehead atoms. The first-order valence-electron chi connectivity index (χ1n) is 8.81. The van der Waals surface area contributed by atoms with Gasteiger partial charge in [0.1, 0.15) is 5.82 Å². The number of hydrogen-bond donors (Lipinski definition) is 0. The van der Waals surface area contributed by atoms with Gasteiger partial charge in [-0.15, -0.1) is 0 Å². The van der Waals surface area contributed by atoms with E-state index in [9.17, 15) is 9.18 Å². The van der Waals surface area contributed by atoms with E-state index >= 15 is 0 Å². The van der Waals surface area contributed by atoms with Crippen LogP contribution in [0.1, 0.15) is 27.9 Å². The lowest BCUT2D eigenvalue weighted by Crippen LogP contribution is -2.40. The number of benzene rings is 1. The summed E-state index contributed by atoms with van der Waals surface area (Å²) in [6.45, 7) is 5.20. The van der Waals surface area contributed by atoms with E-state index in [2.05, 4.69) is 16.0 Å². The second kappa shape index (κ2) is 6.56. The van der Waals surface area contributed by atoms with Crippen molar-refractivity contribution in [2.24, 2.45) is 5.92 Å². The van der Waals surface area contributed by atoms with Crippen molar-refractivity contribution in [3.8, 4) is 0 Å². The van der Waals surface area contributed by atoms with Gasteiger partial charge in [0.05, 0.1) is 5.56 Å². The van der Waals surface area contributed by atoms with Crippen LogP contribution < -0.4 is 0 Å². The molecule has 0 unspecified atom stereocenters. The predicted molar refractivity (Wildman–Crippen MR) is 93.6 cm³/mol. The van der Waals surface area contributed by atoms with Crippen LogP contribution in [0.3, 0.4) is 0 Å². The minimum absolute atomic E-state index is 0.161. The molecule has 0 radical (unpaired) electrons. The quantitative estimate of drug-likeness (QED) is 0.863. The van der Waals surface area contributed by atoms with Crippen molar-refractivity contribution >= 4 is 5.91 Å². The normalized spacial score (nSPS) is 23.0. The van der Waals surface area contributed by atoms with Crippen LogP contribution >= 0.6 is 0 Å². The number of halogens is 1. The smallest absolute Gasteiger partial charge is 0.257 e. The summed E-state index contributed by atoms with van der Waals surface area (Å²) >= 11 is 0. The zero-order chi connectivity index (χ0) is 17.4. The Kier molecular flexibility index (Phi) is 4.25. The molecule has 1 aromatic carbocycles. The van der Waals surface area contributed by atoms with E-state index in [4.69, 9.17) is 0 Å². The van der Waals surface area contributed by atoms with Gasteiger partial charge in [-0.1, -0.05) is 18.2 Å². The molecular weight excluding hydrogens is 317 g/mol. The Bertz CT molecular complexity index is 760. The van der Waals surface area contributed by atoms with Crippen LogP contribution in [0, 0.1) is 18.7 Å². The lowest BCUT2D eigenvalue weighted by atomic mass is 10.0. The van der Waals surface area contributed by atoms with Crippen molar-refractivity contribution < 1.29 is 9.18 Å². The molecule has 2 atom stereocenters. The maximum absolute atomic E-state index is 14.2. The molecule has 1 amide bonds. The number of hydrogen-bond acceptors (Lipinski definition) is 3. The van der Waals surface area contributed by atoms with Gasteiger partial charge in [-0.25, -0.2) is 4.39 Å². The van der Waals surface area contributed by atoms with Crippen LogP contribution in [-0.4, -0.2) is 46.4 Å². The van der Waals surface area contributed by atoms with Crippen molar-refractivity contribution in [1.29, 1.82) is 0 Å². The second-order valence-electron chi connectivity index (χ2n) is 7.10. The van der Waals surface area contributed by atoms with Crippen molar-refractivity contribution in [3.05, 3.63) is 65.2 Å². The van der Waals surface area contributed by atoms with Gasteiger partial charge >= 0.3 is 0 Å². The van der Waals surface area contributed by atoms with Gasteiger partial charge in [-0.05, 0) is 42.5 Å². The third-order valence-electron chi connectivity index (χ3n) is 5.45. The fraction of sp³-hybridized carbons (Fsp3) is 0.400. The molecule has 2 aliphatic heterocycles. The zero-order valence-electron chi connectivity index (χ0n) is 14.4. The van der Waals surface area contributed by atoms with Crippen molar-refractivity contribution in [3.63, 3.8) is 0 Å². The van der Waals surface area contributed by atoms with Gasteiger partial charge in [-0.2, -0.15) is 0 Å². The Balaban J connectivity index is 1.49. The van der Waals surface area contributed by atoms with Crippen molar-refractivity contribution in [2.75, 3.05) is 19.6 Å². The fourth-order valence-electron chi connectivity index (χ4n) is 4.23. The minimum Gasteiger partial charge on any atom is -0.334 e. The molecule has 0 N–H and O–H groups in total. The number of fused-ring (bicyclic) bond motifs is 1. The van der Waals surface area contributed by atoms with E-state index in [1.54, 1.807) is 25.3 Å². The number of aryl methyl sites for hydroxylation is 1. The summed E-state index contributed by atoms with van der Waals surface area (Å²) < 4.78 is 14.2. The van der Waals surface area contributed by atoms with Gasteiger partial charge in [0.2, 0.25) is 0 Å². The molecule has 130 valence electrons. The highest BCUT2D eigenvalue weighted by molar-refractivity contribution is 5.96. The van der Waals surface area contributed by atoms with Crippen LogP contribution in [0.4, 0.5) is 4.39 Å². The third-order valence-corrected chi connectivity index (χ3v) is 5.45. The number of amides is 1. The Morgan fingerprint density at radius 3 is 2.92 bits per heavy atom. The number of aromatic nitrogens is 1. The van der Waals surface area contributed by atoms with Crippen molar-refractivity contribution in [2.45, 2.75) is 25.9 Å². The summed E-state index contributed by atoms with van der Waals surface area (Å²) in [6.07, 6.45) is 4.66. The Morgan fingerprint density at radius 2 is 2.16 bits per heavy atom. The molecule has 2 aromatic rings. The van der Waals surface area contributed by atoms with Gasteiger partial charge in [-0.3, -0.25) is 14.7 Å². The molecule has 4 nitrogen and oxygen atoms in total. The lowest BCUT2D eigenvalue weighted by Gasteiger charge is -2.26. The van der Waals surface area contributed by atoms with Gasteiger partial charge in [0.25, 0.3) is 5.91 Å². The summed E-state index contributed by atoms with van der Waals surface area (Å²) in [7, 11) is 0. The third kappa shape index (κ3) is 3.04. The van der Waals surface area contributed by atoms with E-state index in [-0.39, 0.29) is 17.5 Å². The Hall–Kier alpha value is -2.27. The van der Waals surface area contributed by atoms with Crippen LogP contribution in [0.25, 0.3) is 0 Å². The molecule has 2 saturated heterocycles. The fourth-order valence-corrected chi connectivity index (χ4v) is 4.23. The monoisotopic (exact) mass is 339 g/mol. The van der Waals surface area contributed by atoms with Crippen LogP contribution in [-0.2, 0) is 6.54 Å². The molecule has 5 heteroatoms. The maximum atomic E-state index is 14.2. The summed E-state index contributed by atoms with van der Waals surface area (Å²) in [4.78, 5) is 21.4. The number of carbonyl (C=O) groups is 1. The van der Waals surface area contributed by atoms with Crippen LogP contribution in [0.2, 0.25) is 0 Å². The molecule has 0 saturated carbocycles. The predicted octanol–water partition coefficient (Wildman–Crippen LogP) is 2.88. The summed E-state index contributed by atoms with van der Waals surface area (Å²) in [6, 6.07) is 9.03. The number of likely N-dealkylation sites (tertiary alicyclic amines) is 2. The molecule has 1 aromatic heterocycles. The zero-order valence-corrected chi connectivity index (χ0v) is 14.4. The molecular formula is C20H22FN3O. The minimum atomic E-state index is -0.418.